The van der Waals surface area contributed by atoms with Gasteiger partial charge in [-0.15, -0.1) is 0 Å². The molecule has 0 saturated heterocycles. The van der Waals surface area contributed by atoms with E-state index in [-0.39, 0.29) is 23.7 Å². The molecular weight excluding hydrogens is 469 g/mol. The van der Waals surface area contributed by atoms with Gasteiger partial charge >= 0.3 is 0 Å². The number of rotatable bonds is 6. The molecule has 3 N–H and O–H groups in total. The summed E-state index contributed by atoms with van der Waals surface area (Å²) >= 11 is 0. The number of H-pyrrole nitrogens is 1. The number of aromatic nitrogens is 2. The topological polar surface area (TPSA) is 90.1 Å². The molecule has 0 bridgehead atoms. The standard InChI is InChI=1S/C29H28FN5O2/c1-17-15-23-25(29(37)35(17)3)27(32-22-7-5-4-6-8-22)26(33-23)20-13-14-31-24(16-20)34-28(36)18(2)19-9-11-21(30)12-10-19/h4-14,16-18,32-33H,15H2,1-3H3,(H,31,34,36). The van der Waals surface area contributed by atoms with E-state index in [1.165, 1.54) is 12.1 Å². The van der Waals surface area contributed by atoms with Gasteiger partial charge in [-0.3, -0.25) is 9.59 Å². The van der Waals surface area contributed by atoms with Crippen LogP contribution in [0.5, 0.6) is 0 Å². The van der Waals surface area contributed by atoms with Gasteiger partial charge in [-0.05, 0) is 55.8 Å². The van der Waals surface area contributed by atoms with Crippen LogP contribution in [0.2, 0.25) is 0 Å². The van der Waals surface area contributed by atoms with Crippen molar-refractivity contribution in [2.24, 2.45) is 0 Å². The fourth-order valence-electron chi connectivity index (χ4n) is 4.55. The van der Waals surface area contributed by atoms with Gasteiger partial charge in [0.15, 0.2) is 0 Å². The molecule has 3 heterocycles. The molecule has 2 amide bonds. The molecule has 5 rings (SSSR count). The zero-order valence-electron chi connectivity index (χ0n) is 20.9. The maximum Gasteiger partial charge on any atom is 0.257 e. The number of nitrogens with zero attached hydrogens (tertiary/aromatic N) is 2. The largest absolute Gasteiger partial charge is 0.356 e. The maximum atomic E-state index is 13.3. The lowest BCUT2D eigenvalue weighted by atomic mass is 9.99. The Kier molecular flexibility index (Phi) is 6.48. The van der Waals surface area contributed by atoms with Crippen molar-refractivity contribution in [1.29, 1.82) is 0 Å². The van der Waals surface area contributed by atoms with Gasteiger partial charge in [0.05, 0.1) is 22.9 Å². The highest BCUT2D eigenvalue weighted by atomic mass is 19.1. The molecule has 0 spiro atoms. The average Bonchev–Trinajstić information content (AvgIpc) is 3.25. The Morgan fingerprint density at radius 1 is 1.14 bits per heavy atom. The van der Waals surface area contributed by atoms with Crippen LogP contribution in [0.4, 0.5) is 21.6 Å². The van der Waals surface area contributed by atoms with E-state index in [0.29, 0.717) is 29.1 Å². The zero-order chi connectivity index (χ0) is 26.1. The predicted molar refractivity (Wildman–Crippen MR) is 142 cm³/mol. The molecular formula is C29H28FN5O2. The molecule has 0 radical (unpaired) electrons. The normalized spacial score (nSPS) is 15.7. The van der Waals surface area contributed by atoms with Crippen LogP contribution in [0.15, 0.2) is 72.9 Å². The predicted octanol–water partition coefficient (Wildman–Crippen LogP) is 5.72. The Morgan fingerprint density at radius 2 is 1.86 bits per heavy atom. The van der Waals surface area contributed by atoms with Crippen molar-refractivity contribution in [3.05, 3.63) is 95.6 Å². The number of hydrogen-bond donors (Lipinski definition) is 3. The summed E-state index contributed by atoms with van der Waals surface area (Å²) in [5, 5.41) is 6.30. The fourth-order valence-corrected chi connectivity index (χ4v) is 4.55. The smallest absolute Gasteiger partial charge is 0.257 e. The zero-order valence-corrected chi connectivity index (χ0v) is 20.9. The van der Waals surface area contributed by atoms with Crippen molar-refractivity contribution in [2.45, 2.75) is 32.2 Å². The molecule has 8 heteroatoms. The molecule has 7 nitrogen and oxygen atoms in total. The first-order valence-electron chi connectivity index (χ1n) is 12.2. The third-order valence-corrected chi connectivity index (χ3v) is 6.88. The third kappa shape index (κ3) is 4.82. The van der Waals surface area contributed by atoms with Gasteiger partial charge in [-0.1, -0.05) is 30.3 Å². The summed E-state index contributed by atoms with van der Waals surface area (Å²) < 4.78 is 13.3. The summed E-state index contributed by atoms with van der Waals surface area (Å²) in [5.41, 5.74) is 5.26. The van der Waals surface area contributed by atoms with Crippen molar-refractivity contribution in [1.82, 2.24) is 14.9 Å². The van der Waals surface area contributed by atoms with Crippen molar-refractivity contribution >= 4 is 29.0 Å². The summed E-state index contributed by atoms with van der Waals surface area (Å²) in [6.07, 6.45) is 2.32. The van der Waals surface area contributed by atoms with E-state index in [2.05, 4.69) is 20.6 Å². The van der Waals surface area contributed by atoms with Crippen LogP contribution in [-0.4, -0.2) is 39.8 Å². The maximum absolute atomic E-state index is 13.3. The van der Waals surface area contributed by atoms with E-state index in [9.17, 15) is 14.0 Å². The fraction of sp³-hybridized carbons (Fsp3) is 0.207. The molecule has 37 heavy (non-hydrogen) atoms. The summed E-state index contributed by atoms with van der Waals surface area (Å²) in [6, 6.07) is 19.2. The van der Waals surface area contributed by atoms with Crippen LogP contribution in [0.25, 0.3) is 11.3 Å². The molecule has 2 aromatic carbocycles. The molecule has 1 aliphatic heterocycles. The first kappa shape index (κ1) is 24.2. The second-order valence-electron chi connectivity index (χ2n) is 9.38. The molecule has 0 saturated carbocycles. The minimum Gasteiger partial charge on any atom is -0.356 e. The Bertz CT molecular complexity index is 1450. The van der Waals surface area contributed by atoms with Crippen LogP contribution >= 0.6 is 0 Å². The number of nitrogens with one attached hydrogen (secondary N) is 3. The van der Waals surface area contributed by atoms with Crippen molar-refractivity contribution in [2.75, 3.05) is 17.7 Å². The number of pyridine rings is 1. The van der Waals surface area contributed by atoms with Crippen molar-refractivity contribution in [3.63, 3.8) is 0 Å². The van der Waals surface area contributed by atoms with Crippen LogP contribution in [0, 0.1) is 5.82 Å². The van der Waals surface area contributed by atoms with Crippen LogP contribution in [0.1, 0.15) is 41.4 Å². The first-order chi connectivity index (χ1) is 17.8. The number of aromatic amines is 1. The molecule has 2 aromatic heterocycles. The number of para-hydroxylation sites is 1. The number of benzene rings is 2. The van der Waals surface area contributed by atoms with Crippen LogP contribution < -0.4 is 10.6 Å². The average molecular weight is 498 g/mol. The van der Waals surface area contributed by atoms with E-state index in [1.54, 1.807) is 36.2 Å². The number of halogens is 1. The summed E-state index contributed by atoms with van der Waals surface area (Å²) in [5.74, 6) is -0.764. The third-order valence-electron chi connectivity index (χ3n) is 6.88. The Morgan fingerprint density at radius 3 is 2.59 bits per heavy atom. The summed E-state index contributed by atoms with van der Waals surface area (Å²) in [4.78, 5) is 35.8. The molecule has 0 aliphatic carbocycles. The van der Waals surface area contributed by atoms with Gasteiger partial charge in [-0.2, -0.15) is 0 Å². The highest BCUT2D eigenvalue weighted by molar-refractivity contribution is 6.06. The highest BCUT2D eigenvalue weighted by Gasteiger charge is 2.33. The highest BCUT2D eigenvalue weighted by Crippen LogP contribution is 2.39. The number of likely N-dealkylation sites (N-methyl/N-ethyl adjacent to an activating group) is 1. The lowest BCUT2D eigenvalue weighted by molar-refractivity contribution is -0.117. The molecule has 2 unspecified atom stereocenters. The second-order valence-corrected chi connectivity index (χ2v) is 9.38. The Hall–Kier alpha value is -4.46. The number of amides is 2. The van der Waals surface area contributed by atoms with Gasteiger partial charge in [0, 0.05) is 42.7 Å². The minimum atomic E-state index is -0.492. The van der Waals surface area contributed by atoms with Gasteiger partial charge in [0.2, 0.25) is 5.91 Å². The lowest BCUT2D eigenvalue weighted by Gasteiger charge is -2.30. The number of hydrogen-bond acceptors (Lipinski definition) is 4. The SMILES string of the molecule is CC(C(=O)Nc1cc(-c2[nH]c3c(c2Nc2ccccc2)C(=O)N(C)C(C)C3)ccn1)c1ccc(F)cc1. The molecule has 2 atom stereocenters. The van der Waals surface area contributed by atoms with Gasteiger partial charge in [0.25, 0.3) is 5.91 Å². The molecule has 1 aliphatic rings. The molecule has 0 fully saturated rings. The summed E-state index contributed by atoms with van der Waals surface area (Å²) in [6.45, 7) is 3.78. The number of carbonyl (C=O) groups excluding carboxylic acids is 2. The van der Waals surface area contributed by atoms with E-state index < -0.39 is 5.92 Å². The van der Waals surface area contributed by atoms with Gasteiger partial charge < -0.3 is 20.5 Å². The molecule has 4 aromatic rings. The summed E-state index contributed by atoms with van der Waals surface area (Å²) in [7, 11) is 1.82. The lowest BCUT2D eigenvalue weighted by Crippen LogP contribution is -2.41. The van der Waals surface area contributed by atoms with E-state index in [1.807, 2.05) is 50.4 Å². The number of anilines is 3. The van der Waals surface area contributed by atoms with Gasteiger partial charge in [-0.25, -0.2) is 9.37 Å². The van der Waals surface area contributed by atoms with E-state index in [4.69, 9.17) is 0 Å². The quantitative estimate of drug-likeness (QED) is 0.318. The Labute approximate surface area is 214 Å². The van der Waals surface area contributed by atoms with Crippen LogP contribution in [0.3, 0.4) is 0 Å². The van der Waals surface area contributed by atoms with Crippen molar-refractivity contribution < 1.29 is 14.0 Å². The minimum absolute atomic E-state index is 0.0506. The van der Waals surface area contributed by atoms with E-state index in [0.717, 1.165) is 22.6 Å². The second kappa shape index (κ2) is 9.89. The van der Waals surface area contributed by atoms with E-state index >= 15 is 0 Å². The number of carbonyl (C=O) groups is 2. The first-order valence-corrected chi connectivity index (χ1v) is 12.2. The number of fused-ring (bicyclic) bond motifs is 1. The Balaban J connectivity index is 1.49. The van der Waals surface area contributed by atoms with Crippen LogP contribution in [-0.2, 0) is 11.2 Å². The van der Waals surface area contributed by atoms with Gasteiger partial charge in [0.1, 0.15) is 11.6 Å². The monoisotopic (exact) mass is 497 g/mol. The van der Waals surface area contributed by atoms with Crippen molar-refractivity contribution in [3.8, 4) is 11.3 Å². The molecule has 188 valence electrons.